The molecule has 1 aromatic carbocycles. The quantitative estimate of drug-likeness (QED) is 0.910. The van der Waals surface area contributed by atoms with Crippen LogP contribution in [0.3, 0.4) is 0 Å². The van der Waals surface area contributed by atoms with E-state index in [0.717, 1.165) is 17.7 Å². The Morgan fingerprint density at radius 1 is 1.30 bits per heavy atom. The van der Waals surface area contributed by atoms with Crippen LogP contribution in [-0.4, -0.2) is 21.9 Å². The summed E-state index contributed by atoms with van der Waals surface area (Å²) >= 11 is 0. The average molecular weight is 312 g/mol. The number of carbonyl (C=O) groups excluding carboxylic acids is 1. The first-order valence-electron chi connectivity index (χ1n) is 7.81. The molecule has 2 heterocycles. The van der Waals surface area contributed by atoms with E-state index in [1.165, 1.54) is 12.3 Å². The number of aromatic amines is 1. The van der Waals surface area contributed by atoms with E-state index < -0.39 is 6.04 Å². The van der Waals surface area contributed by atoms with Gasteiger partial charge < -0.3 is 10.2 Å². The van der Waals surface area contributed by atoms with Gasteiger partial charge in [0.2, 0.25) is 11.9 Å². The molecule has 0 aliphatic carbocycles. The Morgan fingerprint density at radius 2 is 2.09 bits per heavy atom. The van der Waals surface area contributed by atoms with E-state index in [9.17, 15) is 9.59 Å². The highest BCUT2D eigenvalue weighted by Crippen LogP contribution is 2.29. The summed E-state index contributed by atoms with van der Waals surface area (Å²) in [6.07, 6.45) is 2.32. The van der Waals surface area contributed by atoms with Gasteiger partial charge in [0.05, 0.1) is 0 Å². The van der Waals surface area contributed by atoms with Gasteiger partial charge in [-0.3, -0.25) is 14.6 Å². The molecule has 1 amide bonds. The van der Waals surface area contributed by atoms with E-state index in [1.54, 1.807) is 0 Å². The summed E-state index contributed by atoms with van der Waals surface area (Å²) in [5, 5.41) is 3.00. The molecule has 23 heavy (non-hydrogen) atoms. The first-order valence-corrected chi connectivity index (χ1v) is 7.81. The molecule has 1 aliphatic rings. The second kappa shape index (κ2) is 6.24. The number of nitrogens with one attached hydrogen (secondary N) is 2. The summed E-state index contributed by atoms with van der Waals surface area (Å²) in [5.74, 6) is 0.472. The molecule has 0 saturated heterocycles. The number of rotatable bonds is 3. The Balaban J connectivity index is 2.10. The molecule has 0 saturated carbocycles. The highest BCUT2D eigenvalue weighted by Gasteiger charge is 2.35. The molecule has 6 nitrogen and oxygen atoms in total. The van der Waals surface area contributed by atoms with Crippen molar-refractivity contribution in [1.82, 2.24) is 9.97 Å². The summed E-state index contributed by atoms with van der Waals surface area (Å²) in [6.45, 7) is 4.60. The monoisotopic (exact) mass is 312 g/mol. The Hall–Kier alpha value is -2.63. The van der Waals surface area contributed by atoms with E-state index in [4.69, 9.17) is 0 Å². The lowest BCUT2D eigenvalue weighted by atomic mass is 9.97. The number of H-pyrrole nitrogens is 1. The maximum Gasteiger partial charge on any atom is 0.252 e. The van der Waals surface area contributed by atoms with Gasteiger partial charge in [0.1, 0.15) is 6.04 Å². The second-order valence-electron chi connectivity index (χ2n) is 5.86. The van der Waals surface area contributed by atoms with Crippen LogP contribution in [-0.2, 0) is 11.3 Å². The topological polar surface area (TPSA) is 78.1 Å². The third-order valence-corrected chi connectivity index (χ3v) is 4.33. The fourth-order valence-corrected chi connectivity index (χ4v) is 2.91. The normalized spacial score (nSPS) is 18.8. The fourth-order valence-electron chi connectivity index (χ4n) is 2.91. The number of nitrogens with zero attached hydrogens (tertiary/aromatic N) is 2. The largest absolute Gasteiger partial charge is 0.326 e. The molecular weight excluding hydrogens is 292 g/mol. The smallest absolute Gasteiger partial charge is 0.252 e. The molecule has 6 heteroatoms. The number of anilines is 2. The van der Waals surface area contributed by atoms with Crippen LogP contribution in [0, 0.1) is 5.92 Å². The van der Waals surface area contributed by atoms with Crippen molar-refractivity contribution in [3.63, 3.8) is 0 Å². The summed E-state index contributed by atoms with van der Waals surface area (Å²) in [5.41, 5.74) is 1.58. The highest BCUT2D eigenvalue weighted by molar-refractivity contribution is 5.98. The lowest BCUT2D eigenvalue weighted by molar-refractivity contribution is -0.118. The molecule has 1 aliphatic heterocycles. The van der Waals surface area contributed by atoms with Gasteiger partial charge in [-0.05, 0) is 17.5 Å². The standard InChI is InChI=1S/C17H20N4O2/c1-3-11(2)15-16(23)19-13-7-5-4-6-12(13)10-21(15)17-18-9-8-14(22)20-17/h4-9,11,15H,3,10H2,1-2H3,(H,19,23)(H,18,20,22). The van der Waals surface area contributed by atoms with Crippen molar-refractivity contribution in [2.75, 3.05) is 10.2 Å². The molecule has 2 N–H and O–H groups in total. The first kappa shape index (κ1) is 15.3. The third-order valence-electron chi connectivity index (χ3n) is 4.33. The van der Waals surface area contributed by atoms with Crippen LogP contribution in [0.2, 0.25) is 0 Å². The number of aromatic nitrogens is 2. The molecule has 2 unspecified atom stereocenters. The van der Waals surface area contributed by atoms with Crippen molar-refractivity contribution in [2.45, 2.75) is 32.9 Å². The Labute approximate surface area is 134 Å². The molecule has 0 fully saturated rings. The Bertz CT molecular complexity index is 771. The van der Waals surface area contributed by atoms with E-state index in [1.807, 2.05) is 36.1 Å². The molecule has 0 radical (unpaired) electrons. The first-order chi connectivity index (χ1) is 11.1. The number of hydrogen-bond acceptors (Lipinski definition) is 4. The highest BCUT2D eigenvalue weighted by atomic mass is 16.2. The van der Waals surface area contributed by atoms with Gasteiger partial charge in [0.15, 0.2) is 0 Å². The number of fused-ring (bicyclic) bond motifs is 1. The zero-order valence-corrected chi connectivity index (χ0v) is 13.2. The summed E-state index contributed by atoms with van der Waals surface area (Å²) < 4.78 is 0. The van der Waals surface area contributed by atoms with E-state index >= 15 is 0 Å². The zero-order valence-electron chi connectivity index (χ0n) is 13.2. The van der Waals surface area contributed by atoms with Gasteiger partial charge in [-0.2, -0.15) is 0 Å². The van der Waals surface area contributed by atoms with Crippen molar-refractivity contribution in [3.05, 3.63) is 52.4 Å². The Kier molecular flexibility index (Phi) is 4.14. The number of benzene rings is 1. The lowest BCUT2D eigenvalue weighted by Gasteiger charge is -2.32. The number of carbonyl (C=O) groups is 1. The predicted octanol–water partition coefficient (Wildman–Crippen LogP) is 2.14. The number of amides is 1. The summed E-state index contributed by atoms with van der Waals surface area (Å²) in [4.78, 5) is 33.3. The van der Waals surface area contributed by atoms with Crippen molar-refractivity contribution in [3.8, 4) is 0 Å². The third kappa shape index (κ3) is 2.97. The molecule has 120 valence electrons. The molecule has 3 rings (SSSR count). The zero-order chi connectivity index (χ0) is 16.4. The SMILES string of the molecule is CCC(C)C1C(=O)Nc2ccccc2CN1c1nccc(=O)[nH]1. The van der Waals surface area contributed by atoms with E-state index in [-0.39, 0.29) is 17.4 Å². The fraction of sp³-hybridized carbons (Fsp3) is 0.353. The van der Waals surface area contributed by atoms with Crippen LogP contribution in [0.25, 0.3) is 0 Å². The minimum atomic E-state index is -0.391. The number of para-hydroxylation sites is 1. The van der Waals surface area contributed by atoms with Crippen LogP contribution >= 0.6 is 0 Å². The molecule has 0 bridgehead atoms. The van der Waals surface area contributed by atoms with Gasteiger partial charge in [-0.15, -0.1) is 0 Å². The molecule has 1 aromatic heterocycles. The average Bonchev–Trinajstić information content (AvgIpc) is 2.70. The van der Waals surface area contributed by atoms with Crippen LogP contribution in [0.5, 0.6) is 0 Å². The van der Waals surface area contributed by atoms with Crippen LogP contribution in [0.4, 0.5) is 11.6 Å². The molecule has 2 atom stereocenters. The number of hydrogen-bond donors (Lipinski definition) is 2. The molecule has 2 aromatic rings. The second-order valence-corrected chi connectivity index (χ2v) is 5.86. The minimum absolute atomic E-state index is 0.0733. The molecule has 0 spiro atoms. The van der Waals surface area contributed by atoms with Gasteiger partial charge >= 0.3 is 0 Å². The van der Waals surface area contributed by atoms with Crippen LogP contribution < -0.4 is 15.8 Å². The van der Waals surface area contributed by atoms with Gasteiger partial charge in [-0.25, -0.2) is 4.98 Å². The predicted molar refractivity (Wildman–Crippen MR) is 89.4 cm³/mol. The van der Waals surface area contributed by atoms with Gasteiger partial charge in [-0.1, -0.05) is 38.5 Å². The Morgan fingerprint density at radius 3 is 2.83 bits per heavy atom. The van der Waals surface area contributed by atoms with Crippen LogP contribution in [0.15, 0.2) is 41.3 Å². The van der Waals surface area contributed by atoms with E-state index in [2.05, 4.69) is 22.2 Å². The van der Waals surface area contributed by atoms with Gasteiger partial charge in [0, 0.05) is 24.5 Å². The maximum atomic E-state index is 12.8. The van der Waals surface area contributed by atoms with Crippen LogP contribution in [0.1, 0.15) is 25.8 Å². The summed E-state index contributed by atoms with van der Waals surface area (Å²) in [6, 6.07) is 8.68. The maximum absolute atomic E-state index is 12.8. The van der Waals surface area contributed by atoms with Gasteiger partial charge in [0.25, 0.3) is 5.56 Å². The lowest BCUT2D eigenvalue weighted by Crippen LogP contribution is -2.47. The summed E-state index contributed by atoms with van der Waals surface area (Å²) in [7, 11) is 0. The van der Waals surface area contributed by atoms with Crippen molar-refractivity contribution in [1.29, 1.82) is 0 Å². The minimum Gasteiger partial charge on any atom is -0.326 e. The van der Waals surface area contributed by atoms with Crippen molar-refractivity contribution in [2.24, 2.45) is 5.92 Å². The van der Waals surface area contributed by atoms with Crippen molar-refractivity contribution < 1.29 is 4.79 Å². The van der Waals surface area contributed by atoms with E-state index in [0.29, 0.717) is 12.5 Å². The van der Waals surface area contributed by atoms with Crippen molar-refractivity contribution >= 4 is 17.5 Å². The molecular formula is C17H20N4O2.